The van der Waals surface area contributed by atoms with E-state index < -0.39 is 0 Å². The lowest BCUT2D eigenvalue weighted by Crippen LogP contribution is -2.00. The van der Waals surface area contributed by atoms with Gasteiger partial charge < -0.3 is 4.74 Å². The quantitative estimate of drug-likeness (QED) is 0.414. The van der Waals surface area contributed by atoms with Gasteiger partial charge in [-0.3, -0.25) is 4.98 Å². The van der Waals surface area contributed by atoms with Crippen molar-refractivity contribution in [2.24, 2.45) is 0 Å². The van der Waals surface area contributed by atoms with Crippen LogP contribution in [0.3, 0.4) is 0 Å². The molecule has 0 amide bonds. The lowest BCUT2D eigenvalue weighted by atomic mass is 9.94. The van der Waals surface area contributed by atoms with Crippen molar-refractivity contribution in [1.29, 1.82) is 0 Å². The Bertz CT molecular complexity index is 1020. The molecule has 0 saturated heterocycles. The Morgan fingerprint density at radius 1 is 0.810 bits per heavy atom. The molecule has 3 heterocycles. The molecular formula is C18H10N2O. The summed E-state index contributed by atoms with van der Waals surface area (Å²) >= 11 is 0. The molecule has 0 saturated carbocycles. The molecular weight excluding hydrogens is 260 g/mol. The summed E-state index contributed by atoms with van der Waals surface area (Å²) in [6, 6.07) is 16.4. The molecule has 3 nitrogen and oxygen atoms in total. The molecule has 0 radical (unpaired) electrons. The van der Waals surface area contributed by atoms with Crippen molar-refractivity contribution < 1.29 is 4.74 Å². The Labute approximate surface area is 120 Å². The van der Waals surface area contributed by atoms with Crippen LogP contribution < -0.4 is 4.74 Å². The topological polar surface area (TPSA) is 35.0 Å². The van der Waals surface area contributed by atoms with Crippen molar-refractivity contribution in [3.05, 3.63) is 60.9 Å². The van der Waals surface area contributed by atoms with Crippen molar-refractivity contribution in [3.63, 3.8) is 0 Å². The van der Waals surface area contributed by atoms with Gasteiger partial charge in [-0.05, 0) is 29.0 Å². The van der Waals surface area contributed by atoms with E-state index in [0.717, 1.165) is 27.8 Å². The molecule has 2 aromatic heterocycles. The summed E-state index contributed by atoms with van der Waals surface area (Å²) in [4.78, 5) is 8.77. The van der Waals surface area contributed by atoms with Crippen LogP contribution in [0.25, 0.3) is 32.8 Å². The van der Waals surface area contributed by atoms with Crippen molar-refractivity contribution in [2.75, 3.05) is 0 Å². The fourth-order valence-electron chi connectivity index (χ4n) is 3.07. The van der Waals surface area contributed by atoms with Gasteiger partial charge in [-0.25, -0.2) is 4.98 Å². The number of rotatable bonds is 0. The van der Waals surface area contributed by atoms with Gasteiger partial charge in [-0.15, -0.1) is 0 Å². The van der Waals surface area contributed by atoms with Crippen molar-refractivity contribution >= 4 is 21.7 Å². The Kier molecular flexibility index (Phi) is 1.95. The maximum Gasteiger partial charge on any atom is 0.229 e. The zero-order valence-electron chi connectivity index (χ0n) is 11.1. The monoisotopic (exact) mass is 270 g/mol. The lowest BCUT2D eigenvalue weighted by molar-refractivity contribution is 0.468. The second kappa shape index (κ2) is 3.79. The van der Waals surface area contributed by atoms with E-state index >= 15 is 0 Å². The van der Waals surface area contributed by atoms with Crippen molar-refractivity contribution in [2.45, 2.75) is 0 Å². The molecule has 0 N–H and O–H groups in total. The lowest BCUT2D eigenvalue weighted by Gasteiger charge is -2.21. The Hall–Kier alpha value is -2.94. The Morgan fingerprint density at radius 3 is 2.71 bits per heavy atom. The summed E-state index contributed by atoms with van der Waals surface area (Å²) in [7, 11) is 0. The fourth-order valence-corrected chi connectivity index (χ4v) is 3.07. The number of hydrogen-bond donors (Lipinski definition) is 0. The number of fused-ring (bicyclic) bond motifs is 4. The molecule has 5 rings (SSSR count). The number of nitrogens with zero attached hydrogens (tertiary/aromatic N) is 2. The van der Waals surface area contributed by atoms with Crippen LogP contribution in [-0.2, 0) is 0 Å². The van der Waals surface area contributed by atoms with Gasteiger partial charge >= 0.3 is 0 Å². The van der Waals surface area contributed by atoms with Gasteiger partial charge in [0.1, 0.15) is 5.75 Å². The highest BCUT2D eigenvalue weighted by Gasteiger charge is 2.22. The molecule has 4 aromatic rings. The molecule has 0 unspecified atom stereocenters. The minimum absolute atomic E-state index is 0.637. The first-order valence-corrected chi connectivity index (χ1v) is 6.85. The van der Waals surface area contributed by atoms with Crippen LogP contribution in [0.4, 0.5) is 0 Å². The third kappa shape index (κ3) is 1.37. The van der Waals surface area contributed by atoms with Crippen LogP contribution in [0.15, 0.2) is 60.9 Å². The van der Waals surface area contributed by atoms with Gasteiger partial charge in [0, 0.05) is 23.5 Å². The number of aromatic nitrogens is 2. The Balaban J connectivity index is 2.03. The van der Waals surface area contributed by atoms with Crippen LogP contribution in [0.1, 0.15) is 0 Å². The first kappa shape index (κ1) is 10.8. The average Bonchev–Trinajstić information content (AvgIpc) is 2.55. The smallest absolute Gasteiger partial charge is 0.229 e. The minimum atomic E-state index is 0.637. The standard InChI is InChI=1S/C18H10N2O/c1-2-4-12-11(3-1)5-6-15-16(12)13-7-9-19-14-8-10-20-18(21-15)17(13)14/h1-10H. The van der Waals surface area contributed by atoms with E-state index in [4.69, 9.17) is 4.74 Å². The molecule has 0 fully saturated rings. The summed E-state index contributed by atoms with van der Waals surface area (Å²) in [6.07, 6.45) is 3.58. The van der Waals surface area contributed by atoms with Gasteiger partial charge in [0.2, 0.25) is 5.88 Å². The molecule has 1 aliphatic rings. The molecule has 0 spiro atoms. The van der Waals surface area contributed by atoms with Crippen LogP contribution in [0.2, 0.25) is 0 Å². The number of hydrogen-bond acceptors (Lipinski definition) is 3. The zero-order chi connectivity index (χ0) is 13.8. The van der Waals surface area contributed by atoms with E-state index in [1.807, 2.05) is 24.4 Å². The highest BCUT2D eigenvalue weighted by molar-refractivity contribution is 6.09. The normalized spacial score (nSPS) is 12.2. The van der Waals surface area contributed by atoms with Gasteiger partial charge in [0.05, 0.1) is 10.9 Å². The van der Waals surface area contributed by atoms with E-state index in [2.05, 4.69) is 40.3 Å². The molecule has 1 aliphatic heterocycles. The second-order valence-corrected chi connectivity index (χ2v) is 5.13. The summed E-state index contributed by atoms with van der Waals surface area (Å²) < 4.78 is 6.01. The van der Waals surface area contributed by atoms with Crippen LogP contribution >= 0.6 is 0 Å². The zero-order valence-corrected chi connectivity index (χ0v) is 11.1. The molecule has 21 heavy (non-hydrogen) atoms. The average molecular weight is 270 g/mol. The summed E-state index contributed by atoms with van der Waals surface area (Å²) in [5.74, 6) is 1.49. The van der Waals surface area contributed by atoms with Crippen LogP contribution in [0, 0.1) is 0 Å². The van der Waals surface area contributed by atoms with Gasteiger partial charge in [-0.1, -0.05) is 30.3 Å². The van der Waals surface area contributed by atoms with Gasteiger partial charge in [0.15, 0.2) is 0 Å². The molecule has 0 bridgehead atoms. The summed E-state index contributed by atoms with van der Waals surface area (Å²) in [6.45, 7) is 0. The highest BCUT2D eigenvalue weighted by atomic mass is 16.5. The number of ether oxygens (including phenoxy) is 1. The van der Waals surface area contributed by atoms with Gasteiger partial charge in [-0.2, -0.15) is 0 Å². The predicted octanol–water partition coefficient (Wildman–Crippen LogP) is 4.56. The first-order chi connectivity index (χ1) is 10.4. The maximum atomic E-state index is 6.01. The van der Waals surface area contributed by atoms with E-state index in [-0.39, 0.29) is 0 Å². The van der Waals surface area contributed by atoms with E-state index in [0.29, 0.717) is 5.88 Å². The minimum Gasteiger partial charge on any atom is -0.438 e. The SMILES string of the molecule is c1ccc2c3c(ccc2c1)Oc1nccc2nccc-3c12. The predicted molar refractivity (Wildman–Crippen MR) is 82.6 cm³/mol. The van der Waals surface area contributed by atoms with Crippen molar-refractivity contribution in [3.8, 4) is 22.8 Å². The van der Waals surface area contributed by atoms with E-state index in [1.54, 1.807) is 6.20 Å². The van der Waals surface area contributed by atoms with Crippen LogP contribution in [-0.4, -0.2) is 9.97 Å². The van der Waals surface area contributed by atoms with E-state index in [1.165, 1.54) is 10.8 Å². The largest absolute Gasteiger partial charge is 0.438 e. The molecule has 98 valence electrons. The van der Waals surface area contributed by atoms with E-state index in [9.17, 15) is 0 Å². The maximum absolute atomic E-state index is 6.01. The summed E-state index contributed by atoms with van der Waals surface area (Å²) in [5.41, 5.74) is 3.18. The number of benzene rings is 2. The molecule has 0 atom stereocenters. The third-order valence-corrected chi connectivity index (χ3v) is 3.99. The second-order valence-electron chi connectivity index (χ2n) is 5.13. The first-order valence-electron chi connectivity index (χ1n) is 6.85. The highest BCUT2D eigenvalue weighted by Crippen LogP contribution is 2.47. The Morgan fingerprint density at radius 2 is 1.71 bits per heavy atom. The van der Waals surface area contributed by atoms with Crippen LogP contribution in [0.5, 0.6) is 11.6 Å². The molecule has 3 heteroatoms. The van der Waals surface area contributed by atoms with Gasteiger partial charge in [0.25, 0.3) is 0 Å². The summed E-state index contributed by atoms with van der Waals surface area (Å²) in [5, 5.41) is 3.39. The van der Waals surface area contributed by atoms with Crippen molar-refractivity contribution in [1.82, 2.24) is 9.97 Å². The number of pyridine rings is 2. The fraction of sp³-hybridized carbons (Fsp3) is 0. The molecule has 0 aliphatic carbocycles. The third-order valence-electron chi connectivity index (χ3n) is 3.99. The molecule has 2 aromatic carbocycles.